The number of methoxy groups -OCH3 is 1. The lowest BCUT2D eigenvalue weighted by atomic mass is 9.81. The first-order valence-corrected chi connectivity index (χ1v) is 9.81. The van der Waals surface area contributed by atoms with E-state index in [-0.39, 0.29) is 19.4 Å². The molecule has 0 saturated carbocycles. The molecule has 1 amide bonds. The summed E-state index contributed by atoms with van der Waals surface area (Å²) in [5, 5.41) is -0.480. The van der Waals surface area contributed by atoms with Crippen LogP contribution in [0.1, 0.15) is 32.3 Å². The van der Waals surface area contributed by atoms with Crippen molar-refractivity contribution < 1.29 is 23.9 Å². The Kier molecular flexibility index (Phi) is 5.39. The fraction of sp³-hybridized carbons (Fsp3) is 0.500. The van der Waals surface area contributed by atoms with Crippen molar-refractivity contribution in [2.45, 2.75) is 55.0 Å². The van der Waals surface area contributed by atoms with Crippen molar-refractivity contribution >= 4 is 29.6 Å². The van der Waals surface area contributed by atoms with Gasteiger partial charge in [-0.1, -0.05) is 30.3 Å². The van der Waals surface area contributed by atoms with Gasteiger partial charge in [-0.3, -0.25) is 19.3 Å². The van der Waals surface area contributed by atoms with Gasteiger partial charge in [0.15, 0.2) is 5.37 Å². The highest BCUT2D eigenvalue weighted by Crippen LogP contribution is 2.57. The summed E-state index contributed by atoms with van der Waals surface area (Å²) >= 11 is 1.41. The Balaban J connectivity index is 1.75. The minimum absolute atomic E-state index is 0.0148. The molecule has 0 radical (unpaired) electrons. The summed E-state index contributed by atoms with van der Waals surface area (Å²) in [6.45, 7) is 11.4. The number of hydrogen-bond acceptors (Lipinski definition) is 6. The summed E-state index contributed by atoms with van der Waals surface area (Å²) in [5.41, 5.74) is -0.468. The molecule has 0 N–H and O–H groups in total. The second-order valence-corrected chi connectivity index (χ2v) is 9.13. The van der Waals surface area contributed by atoms with Crippen LogP contribution in [0.3, 0.4) is 0 Å². The van der Waals surface area contributed by atoms with Gasteiger partial charge in [0.25, 0.3) is 0 Å². The number of amides is 1. The number of carbonyl (C=O) groups excluding carboxylic acids is 3. The van der Waals surface area contributed by atoms with Gasteiger partial charge in [0.2, 0.25) is 0 Å². The van der Waals surface area contributed by atoms with Crippen LogP contribution < -0.4 is 0 Å². The lowest BCUT2D eigenvalue weighted by Crippen LogP contribution is -2.72. The zero-order valence-corrected chi connectivity index (χ0v) is 16.8. The van der Waals surface area contributed by atoms with Crippen molar-refractivity contribution in [3.05, 3.63) is 47.3 Å². The van der Waals surface area contributed by atoms with Crippen molar-refractivity contribution in [2.75, 3.05) is 7.11 Å². The monoisotopic (exact) mass is 402 g/mol. The molecule has 2 heterocycles. The number of nitrogens with zero attached hydrogens (tertiary/aromatic N) is 2. The van der Waals surface area contributed by atoms with E-state index in [1.54, 1.807) is 0 Å². The molecule has 1 aromatic rings. The maximum Gasteiger partial charge on any atom is 0.338 e. The SMILES string of the molecule is [C-]#[N+][C@]1(CCC(=O)OC)C(=O)N2[C@@H](C(=O)OCc3ccccc3)C(C)(C)S[C@@H]21. The van der Waals surface area contributed by atoms with Gasteiger partial charge in [0.05, 0.1) is 13.5 Å². The molecule has 8 heteroatoms. The summed E-state index contributed by atoms with van der Waals surface area (Å²) in [4.78, 5) is 42.3. The molecule has 0 spiro atoms. The van der Waals surface area contributed by atoms with Gasteiger partial charge < -0.3 is 9.47 Å². The molecular weight excluding hydrogens is 380 g/mol. The third-order valence-electron chi connectivity index (χ3n) is 5.20. The van der Waals surface area contributed by atoms with E-state index >= 15 is 0 Å². The van der Waals surface area contributed by atoms with Gasteiger partial charge in [0.1, 0.15) is 12.6 Å². The molecular formula is C20H22N2O5S. The smallest absolute Gasteiger partial charge is 0.338 e. The molecule has 1 aromatic carbocycles. The third-order valence-corrected chi connectivity index (χ3v) is 6.87. The number of rotatable bonds is 6. The van der Waals surface area contributed by atoms with Gasteiger partial charge in [-0.05, 0) is 19.4 Å². The molecule has 0 bridgehead atoms. The zero-order chi connectivity index (χ0) is 20.5. The highest BCUT2D eigenvalue weighted by molar-refractivity contribution is 8.01. The fourth-order valence-electron chi connectivity index (χ4n) is 3.68. The summed E-state index contributed by atoms with van der Waals surface area (Å²) in [5.74, 6) is -1.37. The second kappa shape index (κ2) is 7.47. The maximum atomic E-state index is 12.9. The topological polar surface area (TPSA) is 77.3 Å². The largest absolute Gasteiger partial charge is 0.469 e. The summed E-state index contributed by atoms with van der Waals surface area (Å²) in [7, 11) is 1.27. The van der Waals surface area contributed by atoms with Crippen LogP contribution in [0.5, 0.6) is 0 Å². The van der Waals surface area contributed by atoms with Gasteiger partial charge >= 0.3 is 23.4 Å². The number of fused-ring (bicyclic) bond motifs is 1. The Morgan fingerprint density at radius 2 is 1.96 bits per heavy atom. The number of ether oxygens (including phenoxy) is 2. The van der Waals surface area contributed by atoms with E-state index in [1.165, 1.54) is 23.8 Å². The van der Waals surface area contributed by atoms with E-state index in [4.69, 9.17) is 11.3 Å². The van der Waals surface area contributed by atoms with Crippen LogP contribution in [0, 0.1) is 6.57 Å². The van der Waals surface area contributed by atoms with Crippen LogP contribution in [-0.4, -0.2) is 51.6 Å². The molecule has 148 valence electrons. The average Bonchev–Trinajstić information content (AvgIpc) is 2.96. The van der Waals surface area contributed by atoms with Crippen LogP contribution in [0.2, 0.25) is 0 Å². The van der Waals surface area contributed by atoms with Gasteiger partial charge in [0, 0.05) is 11.2 Å². The van der Waals surface area contributed by atoms with Gasteiger partial charge in [-0.25, -0.2) is 11.4 Å². The molecule has 3 rings (SSSR count). The van der Waals surface area contributed by atoms with Gasteiger partial charge in [-0.2, -0.15) is 0 Å². The quantitative estimate of drug-likeness (QED) is 0.413. The fourth-order valence-corrected chi connectivity index (χ4v) is 5.39. The number of carbonyl (C=O) groups is 3. The molecule has 3 atom stereocenters. The summed E-state index contributed by atoms with van der Waals surface area (Å²) in [6.07, 6.45) is 0.0666. The third kappa shape index (κ3) is 3.24. The number of thioether (sulfide) groups is 1. The Labute approximate surface area is 168 Å². The number of benzene rings is 1. The number of β-lactam (4-membered cyclic amide) rings is 1. The van der Waals surface area contributed by atoms with Crippen molar-refractivity contribution in [1.82, 2.24) is 4.90 Å². The van der Waals surface area contributed by atoms with E-state index in [2.05, 4.69) is 9.58 Å². The Morgan fingerprint density at radius 1 is 1.29 bits per heavy atom. The van der Waals surface area contributed by atoms with Crippen molar-refractivity contribution in [3.63, 3.8) is 0 Å². The van der Waals surface area contributed by atoms with Crippen molar-refractivity contribution in [1.29, 1.82) is 0 Å². The van der Waals surface area contributed by atoms with Crippen LogP contribution in [0.25, 0.3) is 4.85 Å². The van der Waals surface area contributed by atoms with E-state index in [9.17, 15) is 14.4 Å². The molecule has 7 nitrogen and oxygen atoms in total. The van der Waals surface area contributed by atoms with Gasteiger partial charge in [-0.15, -0.1) is 11.8 Å². The van der Waals surface area contributed by atoms with Crippen molar-refractivity contribution in [3.8, 4) is 0 Å². The van der Waals surface area contributed by atoms with E-state index in [0.29, 0.717) is 0 Å². The van der Waals surface area contributed by atoms with Crippen LogP contribution in [0.15, 0.2) is 30.3 Å². The Morgan fingerprint density at radius 3 is 2.57 bits per heavy atom. The highest BCUT2D eigenvalue weighted by Gasteiger charge is 2.76. The molecule has 2 aliphatic heterocycles. The van der Waals surface area contributed by atoms with Crippen LogP contribution in [-0.2, 0) is 30.5 Å². The lowest BCUT2D eigenvalue weighted by Gasteiger charge is -2.44. The Hall–Kier alpha value is -2.53. The van der Waals surface area contributed by atoms with Crippen molar-refractivity contribution in [2.24, 2.45) is 0 Å². The minimum atomic E-state index is -1.33. The maximum absolute atomic E-state index is 12.9. The predicted molar refractivity (Wildman–Crippen MR) is 103 cm³/mol. The molecule has 2 saturated heterocycles. The molecule has 2 aliphatic rings. The first kappa shape index (κ1) is 20.2. The Bertz CT molecular complexity index is 835. The lowest BCUT2D eigenvalue weighted by molar-refractivity contribution is -0.167. The number of hydrogen-bond donors (Lipinski definition) is 0. The molecule has 0 aliphatic carbocycles. The van der Waals surface area contributed by atoms with E-state index < -0.39 is 39.5 Å². The normalized spacial score (nSPS) is 27.4. The molecule has 28 heavy (non-hydrogen) atoms. The molecule has 0 aromatic heterocycles. The van der Waals surface area contributed by atoms with Crippen LogP contribution in [0.4, 0.5) is 0 Å². The second-order valence-electron chi connectivity index (χ2n) is 7.39. The number of esters is 2. The highest BCUT2D eigenvalue weighted by atomic mass is 32.2. The summed E-state index contributed by atoms with van der Waals surface area (Å²) in [6, 6.07) is 8.54. The van der Waals surface area contributed by atoms with Crippen LogP contribution >= 0.6 is 11.8 Å². The molecule has 2 fully saturated rings. The predicted octanol–water partition coefficient (Wildman–Crippen LogP) is 2.40. The average molecular weight is 402 g/mol. The standard InChI is InChI=1S/C20H22N2O5S/c1-19(2)15(16(24)27-12-13-8-6-5-7-9-13)22-17(25)20(21-3,18(22)28-19)11-10-14(23)26-4/h5-9,15,18H,10-12H2,1-2,4H3/t15-,18+,20+/m0/s1. The first-order valence-electron chi connectivity index (χ1n) is 8.93. The first-order chi connectivity index (χ1) is 13.3. The molecule has 0 unspecified atom stereocenters. The minimum Gasteiger partial charge on any atom is -0.469 e. The van der Waals surface area contributed by atoms with E-state index in [0.717, 1.165) is 5.56 Å². The summed E-state index contributed by atoms with van der Waals surface area (Å²) < 4.78 is 9.49. The van der Waals surface area contributed by atoms with E-state index in [1.807, 2.05) is 44.2 Å². The zero-order valence-electron chi connectivity index (χ0n) is 16.0.